The van der Waals surface area contributed by atoms with E-state index >= 15 is 0 Å². The van der Waals surface area contributed by atoms with Crippen molar-refractivity contribution in [3.8, 4) is 0 Å². The Balaban J connectivity index is 1.52. The lowest BCUT2D eigenvalue weighted by molar-refractivity contribution is -0.121. The molecule has 0 saturated heterocycles. The van der Waals surface area contributed by atoms with Gasteiger partial charge in [0.15, 0.2) is 0 Å². The van der Waals surface area contributed by atoms with Crippen molar-refractivity contribution in [2.75, 3.05) is 5.32 Å². The Kier molecular flexibility index (Phi) is 7.20. The number of carbonyl (C=O) groups is 2. The normalized spacial score (nSPS) is 11.6. The van der Waals surface area contributed by atoms with Gasteiger partial charge in [-0.25, -0.2) is 4.39 Å². The molecule has 1 unspecified atom stereocenters. The predicted molar refractivity (Wildman–Crippen MR) is 117 cm³/mol. The van der Waals surface area contributed by atoms with Gasteiger partial charge >= 0.3 is 0 Å². The largest absolute Gasteiger partial charge is 0.350 e. The molecule has 2 amide bonds. The van der Waals surface area contributed by atoms with Crippen LogP contribution in [-0.4, -0.2) is 11.8 Å². The molecule has 30 heavy (non-hydrogen) atoms. The number of halogens is 2. The maximum absolute atomic E-state index is 13.0. The maximum Gasteiger partial charge on any atom is 0.255 e. The first kappa shape index (κ1) is 21.5. The van der Waals surface area contributed by atoms with E-state index in [4.69, 9.17) is 11.6 Å². The first-order chi connectivity index (χ1) is 14.4. The van der Waals surface area contributed by atoms with Gasteiger partial charge in [-0.3, -0.25) is 9.59 Å². The fourth-order valence-electron chi connectivity index (χ4n) is 3.01. The Morgan fingerprint density at radius 3 is 2.30 bits per heavy atom. The number of amides is 2. The Morgan fingerprint density at radius 1 is 0.967 bits per heavy atom. The third-order valence-electron chi connectivity index (χ3n) is 4.73. The zero-order valence-corrected chi connectivity index (χ0v) is 17.2. The van der Waals surface area contributed by atoms with Gasteiger partial charge in [0, 0.05) is 22.7 Å². The number of aryl methyl sites for hydroxylation is 1. The monoisotopic (exact) mass is 424 g/mol. The van der Waals surface area contributed by atoms with E-state index in [2.05, 4.69) is 10.6 Å². The lowest BCUT2D eigenvalue weighted by atomic mass is 10.1. The highest BCUT2D eigenvalue weighted by atomic mass is 35.5. The smallest absolute Gasteiger partial charge is 0.255 e. The summed E-state index contributed by atoms with van der Waals surface area (Å²) in [4.78, 5) is 24.5. The highest BCUT2D eigenvalue weighted by molar-refractivity contribution is 6.31. The first-order valence-electron chi connectivity index (χ1n) is 9.62. The van der Waals surface area contributed by atoms with E-state index in [1.807, 2.05) is 43.3 Å². The second-order valence-corrected chi connectivity index (χ2v) is 7.37. The summed E-state index contributed by atoms with van der Waals surface area (Å²) in [7, 11) is 0. The van der Waals surface area contributed by atoms with Crippen LogP contribution in [0.15, 0.2) is 72.8 Å². The Labute approximate surface area is 180 Å². The molecule has 0 aliphatic rings. The van der Waals surface area contributed by atoms with Gasteiger partial charge < -0.3 is 10.6 Å². The Hall–Kier alpha value is -3.18. The standard InChI is InChI=1S/C24H22ClFN2O2/c1-16(27-23(29)15-10-18-4-2-3-5-22(18)25)17-8-13-21(14-9-17)28-24(30)19-6-11-20(26)12-7-19/h2-9,11-14,16H,10,15H2,1H3,(H,27,29)(H,28,30). The fraction of sp³-hybridized carbons (Fsp3) is 0.167. The molecular formula is C24H22ClFN2O2. The van der Waals surface area contributed by atoms with Crippen molar-refractivity contribution >= 4 is 29.1 Å². The van der Waals surface area contributed by atoms with E-state index in [-0.39, 0.29) is 23.7 Å². The molecule has 3 aromatic rings. The van der Waals surface area contributed by atoms with Crippen LogP contribution in [0, 0.1) is 5.82 Å². The number of hydrogen-bond acceptors (Lipinski definition) is 2. The third-order valence-corrected chi connectivity index (χ3v) is 5.10. The summed E-state index contributed by atoms with van der Waals surface area (Å²) < 4.78 is 13.0. The number of hydrogen-bond donors (Lipinski definition) is 2. The number of rotatable bonds is 7. The second kappa shape index (κ2) is 10.0. The number of benzene rings is 3. The minimum atomic E-state index is -0.390. The molecule has 0 saturated carbocycles. The summed E-state index contributed by atoms with van der Waals surface area (Å²) in [6.45, 7) is 1.90. The predicted octanol–water partition coefficient (Wildman–Crippen LogP) is 5.54. The van der Waals surface area contributed by atoms with Crippen molar-refractivity contribution in [3.05, 3.63) is 100 Å². The number of nitrogens with one attached hydrogen (secondary N) is 2. The minimum Gasteiger partial charge on any atom is -0.350 e. The van der Waals surface area contributed by atoms with Crippen LogP contribution in [0.5, 0.6) is 0 Å². The molecular weight excluding hydrogens is 403 g/mol. The van der Waals surface area contributed by atoms with E-state index in [0.717, 1.165) is 11.1 Å². The first-order valence-corrected chi connectivity index (χ1v) is 10.00. The van der Waals surface area contributed by atoms with Crippen molar-refractivity contribution in [2.45, 2.75) is 25.8 Å². The zero-order chi connectivity index (χ0) is 21.5. The van der Waals surface area contributed by atoms with Crippen molar-refractivity contribution < 1.29 is 14.0 Å². The van der Waals surface area contributed by atoms with Gasteiger partial charge in [0.05, 0.1) is 6.04 Å². The van der Waals surface area contributed by atoms with Crippen LogP contribution in [0.25, 0.3) is 0 Å². The molecule has 0 aromatic heterocycles. The minimum absolute atomic E-state index is 0.0592. The Bertz CT molecular complexity index is 1020. The molecule has 0 bridgehead atoms. The molecule has 2 N–H and O–H groups in total. The van der Waals surface area contributed by atoms with E-state index in [1.54, 1.807) is 12.1 Å². The lowest BCUT2D eigenvalue weighted by Gasteiger charge is -2.15. The molecule has 0 radical (unpaired) electrons. The molecule has 3 rings (SSSR count). The summed E-state index contributed by atoms with van der Waals surface area (Å²) in [5.41, 5.74) is 2.86. The van der Waals surface area contributed by atoms with Gasteiger partial charge in [-0.05, 0) is 66.9 Å². The fourth-order valence-corrected chi connectivity index (χ4v) is 3.24. The SMILES string of the molecule is CC(NC(=O)CCc1ccccc1Cl)c1ccc(NC(=O)c2ccc(F)cc2)cc1. The summed E-state index contributed by atoms with van der Waals surface area (Å²) >= 11 is 6.13. The van der Waals surface area contributed by atoms with Gasteiger partial charge in [-0.1, -0.05) is 41.9 Å². The molecule has 4 nitrogen and oxygen atoms in total. The van der Waals surface area contributed by atoms with Crippen molar-refractivity contribution in [3.63, 3.8) is 0 Å². The van der Waals surface area contributed by atoms with Crippen LogP contribution in [0.1, 0.15) is 40.9 Å². The van der Waals surface area contributed by atoms with Crippen molar-refractivity contribution in [1.29, 1.82) is 0 Å². The summed E-state index contributed by atoms with van der Waals surface area (Å²) in [6, 6.07) is 19.9. The van der Waals surface area contributed by atoms with Crippen molar-refractivity contribution in [1.82, 2.24) is 5.32 Å². The van der Waals surface area contributed by atoms with Gasteiger partial charge in [0.25, 0.3) is 5.91 Å². The van der Waals surface area contributed by atoms with E-state index < -0.39 is 0 Å². The molecule has 0 heterocycles. The highest BCUT2D eigenvalue weighted by Gasteiger charge is 2.11. The molecule has 6 heteroatoms. The average molecular weight is 425 g/mol. The van der Waals surface area contributed by atoms with Gasteiger partial charge in [-0.2, -0.15) is 0 Å². The third kappa shape index (κ3) is 5.91. The van der Waals surface area contributed by atoms with Crippen LogP contribution < -0.4 is 10.6 Å². The lowest BCUT2D eigenvalue weighted by Crippen LogP contribution is -2.26. The van der Waals surface area contributed by atoms with Crippen LogP contribution in [-0.2, 0) is 11.2 Å². The molecule has 0 aliphatic heterocycles. The van der Waals surface area contributed by atoms with E-state index in [9.17, 15) is 14.0 Å². The quantitative estimate of drug-likeness (QED) is 0.523. The maximum atomic E-state index is 13.0. The summed E-state index contributed by atoms with van der Waals surface area (Å²) in [5.74, 6) is -0.765. The van der Waals surface area contributed by atoms with Gasteiger partial charge in [0.1, 0.15) is 5.82 Å². The molecule has 154 valence electrons. The molecule has 0 spiro atoms. The zero-order valence-electron chi connectivity index (χ0n) is 16.5. The molecule has 3 aromatic carbocycles. The van der Waals surface area contributed by atoms with Gasteiger partial charge in [-0.15, -0.1) is 0 Å². The summed E-state index contributed by atoms with van der Waals surface area (Å²) in [5, 5.41) is 6.40. The highest BCUT2D eigenvalue weighted by Crippen LogP contribution is 2.19. The average Bonchev–Trinajstić information content (AvgIpc) is 2.74. The van der Waals surface area contributed by atoms with Crippen LogP contribution in [0.2, 0.25) is 5.02 Å². The molecule has 1 atom stereocenters. The second-order valence-electron chi connectivity index (χ2n) is 6.96. The van der Waals surface area contributed by atoms with Crippen LogP contribution in [0.3, 0.4) is 0 Å². The van der Waals surface area contributed by atoms with Crippen LogP contribution in [0.4, 0.5) is 10.1 Å². The van der Waals surface area contributed by atoms with Crippen molar-refractivity contribution in [2.24, 2.45) is 0 Å². The van der Waals surface area contributed by atoms with Gasteiger partial charge in [0.2, 0.25) is 5.91 Å². The Morgan fingerprint density at radius 2 is 1.63 bits per heavy atom. The number of carbonyl (C=O) groups excluding carboxylic acids is 2. The topological polar surface area (TPSA) is 58.2 Å². The molecule has 0 aliphatic carbocycles. The van der Waals surface area contributed by atoms with Crippen LogP contribution >= 0.6 is 11.6 Å². The number of anilines is 1. The molecule has 0 fully saturated rings. The summed E-state index contributed by atoms with van der Waals surface area (Å²) in [6.07, 6.45) is 0.923. The van der Waals surface area contributed by atoms with E-state index in [0.29, 0.717) is 29.1 Å². The van der Waals surface area contributed by atoms with E-state index in [1.165, 1.54) is 24.3 Å².